The number of rotatable bonds is 12. The molecule has 1 saturated heterocycles. The van der Waals surface area contributed by atoms with Gasteiger partial charge < -0.3 is 19.1 Å². The van der Waals surface area contributed by atoms with Crippen molar-refractivity contribution < 1.29 is 38.1 Å². The Bertz CT molecular complexity index is 1160. The molecule has 256 valence electrons. The Hall–Kier alpha value is -2.42. The number of hydrogen-bond donors (Lipinski definition) is 1. The maximum atomic E-state index is 14.7. The second-order valence-corrected chi connectivity index (χ2v) is 17.9. The molecule has 2 rings (SSSR count). The fourth-order valence-electron chi connectivity index (χ4n) is 6.33. The molecule has 0 spiro atoms. The predicted octanol–water partition coefficient (Wildman–Crippen LogP) is 7.83. The monoisotopic (exact) mass is 652 g/mol. The van der Waals surface area contributed by atoms with Gasteiger partial charge in [0, 0.05) is 25.3 Å². The average molecular weight is 653 g/mol. The first-order valence-electron chi connectivity index (χ1n) is 16.2. The van der Waals surface area contributed by atoms with Gasteiger partial charge in [-0.15, -0.1) is 0 Å². The summed E-state index contributed by atoms with van der Waals surface area (Å²) in [6, 6.07) is 9.59. The van der Waals surface area contributed by atoms with Crippen LogP contribution in [-0.2, 0) is 29.8 Å². The van der Waals surface area contributed by atoms with E-state index in [0.29, 0.717) is 13.1 Å². The van der Waals surface area contributed by atoms with Crippen molar-refractivity contribution in [1.82, 2.24) is 9.80 Å². The molecule has 0 aromatic heterocycles. The molecule has 1 aromatic rings. The lowest BCUT2D eigenvalue weighted by molar-refractivity contribution is -0.145. The molecule has 1 fully saturated rings. The third-order valence-corrected chi connectivity index (χ3v) is 11.1. The number of imide groups is 1. The van der Waals surface area contributed by atoms with Crippen LogP contribution in [-0.4, -0.2) is 87.9 Å². The molecule has 1 heterocycles. The molecule has 0 aliphatic carbocycles. The van der Waals surface area contributed by atoms with Crippen molar-refractivity contribution in [3.63, 3.8) is 0 Å². The van der Waals surface area contributed by atoms with Gasteiger partial charge in [0.05, 0.1) is 6.61 Å². The van der Waals surface area contributed by atoms with Crippen LogP contribution in [0.2, 0.25) is 0 Å². The normalized spacial score (nSPS) is 22.9. The second kappa shape index (κ2) is 15.4. The van der Waals surface area contributed by atoms with Crippen LogP contribution in [0.15, 0.2) is 30.3 Å². The van der Waals surface area contributed by atoms with Gasteiger partial charge in [-0.3, -0.25) is 14.3 Å². The van der Waals surface area contributed by atoms with Crippen molar-refractivity contribution in [2.24, 2.45) is 5.41 Å². The maximum Gasteiger partial charge on any atom is 0.419 e. The Labute approximate surface area is 270 Å². The van der Waals surface area contributed by atoms with Crippen molar-refractivity contribution >= 4 is 25.5 Å². The maximum absolute atomic E-state index is 14.7. The molecule has 1 N–H and O–H groups in total. The topological polar surface area (TPSA) is 123 Å². The summed E-state index contributed by atoms with van der Waals surface area (Å²) in [5.41, 5.74) is -0.996. The second-order valence-electron chi connectivity index (χ2n) is 15.0. The van der Waals surface area contributed by atoms with Gasteiger partial charge in [-0.25, -0.2) is 14.5 Å². The van der Waals surface area contributed by atoms with Gasteiger partial charge >= 0.3 is 18.2 Å². The minimum Gasteiger partial charge on any atom is -0.480 e. The van der Waals surface area contributed by atoms with Gasteiger partial charge in [0.1, 0.15) is 11.2 Å². The smallest absolute Gasteiger partial charge is 0.419 e. The highest BCUT2D eigenvalue weighted by Crippen LogP contribution is 2.67. The quantitative estimate of drug-likeness (QED) is 0.178. The number of ether oxygens (including phenoxy) is 2. The number of aliphatic carboxylic acids is 1. The summed E-state index contributed by atoms with van der Waals surface area (Å²) in [7, 11) is -3.69. The lowest BCUT2D eigenvalue weighted by atomic mass is 9.74. The number of nitrogens with zero attached hydrogens (tertiary/aromatic N) is 2. The zero-order valence-corrected chi connectivity index (χ0v) is 30.1. The molecule has 0 saturated carbocycles. The van der Waals surface area contributed by atoms with Gasteiger partial charge in [0.25, 0.3) is 0 Å². The Kier molecular flexibility index (Phi) is 13.3. The highest BCUT2D eigenvalue weighted by atomic mass is 31.2. The zero-order valence-electron chi connectivity index (χ0n) is 29.2. The third kappa shape index (κ3) is 10.5. The van der Waals surface area contributed by atoms with E-state index in [1.807, 2.05) is 39.0 Å². The molecule has 0 bridgehead atoms. The van der Waals surface area contributed by atoms with Gasteiger partial charge in [-0.2, -0.15) is 0 Å². The molecular weight excluding hydrogens is 595 g/mol. The molecule has 45 heavy (non-hydrogen) atoms. The number of benzene rings is 1. The highest BCUT2D eigenvalue weighted by Gasteiger charge is 2.66. The summed E-state index contributed by atoms with van der Waals surface area (Å²) in [6.07, 6.45) is 0.772. The van der Waals surface area contributed by atoms with E-state index < -0.39 is 53.3 Å². The first-order chi connectivity index (χ1) is 20.7. The molecule has 10 nitrogen and oxygen atoms in total. The molecule has 3 unspecified atom stereocenters. The number of aryl methyl sites for hydroxylation is 1. The minimum atomic E-state index is -3.69. The van der Waals surface area contributed by atoms with E-state index in [0.717, 1.165) is 17.7 Å². The van der Waals surface area contributed by atoms with Crippen LogP contribution in [0.25, 0.3) is 0 Å². The third-order valence-electron chi connectivity index (χ3n) is 7.81. The lowest BCUT2D eigenvalue weighted by Crippen LogP contribution is -2.66. The average Bonchev–Trinajstić information content (AvgIpc) is 2.87. The fourth-order valence-corrected chi connectivity index (χ4v) is 9.74. The van der Waals surface area contributed by atoms with Crippen molar-refractivity contribution in [1.29, 1.82) is 0 Å². The zero-order chi connectivity index (χ0) is 34.3. The lowest BCUT2D eigenvalue weighted by Gasteiger charge is -2.55. The Morgan fingerprint density at radius 1 is 0.933 bits per heavy atom. The van der Waals surface area contributed by atoms with Crippen LogP contribution in [0.4, 0.5) is 9.59 Å². The number of hydrogen-bond acceptors (Lipinski definition) is 8. The van der Waals surface area contributed by atoms with Crippen LogP contribution >= 0.6 is 7.37 Å². The van der Waals surface area contributed by atoms with Crippen molar-refractivity contribution in [3.05, 3.63) is 35.9 Å². The van der Waals surface area contributed by atoms with Gasteiger partial charge in [0.15, 0.2) is 5.16 Å². The number of unbranched alkanes of at least 4 members (excludes halogenated alkanes) is 1. The Morgan fingerprint density at radius 2 is 1.49 bits per heavy atom. The SMILES string of the molecule is CCOP1(=O)CCN(CCCc2ccccc2)C(C(C)(C)C)C1(CCCCN(C(=O)OC(C)(C)C)C(=O)OC(C)(C)C)C(=O)O. The van der Waals surface area contributed by atoms with E-state index in [2.05, 4.69) is 17.0 Å². The largest absolute Gasteiger partial charge is 0.480 e. The molecule has 0 radical (unpaired) electrons. The summed E-state index contributed by atoms with van der Waals surface area (Å²) in [5, 5.41) is 9.34. The van der Waals surface area contributed by atoms with E-state index in [9.17, 15) is 24.1 Å². The van der Waals surface area contributed by atoms with E-state index in [4.69, 9.17) is 14.0 Å². The number of carbonyl (C=O) groups is 3. The van der Waals surface area contributed by atoms with Gasteiger partial charge in [0.2, 0.25) is 7.37 Å². The number of carboxylic acid groups (broad SMARTS) is 1. The first-order valence-corrected chi connectivity index (χ1v) is 18.0. The summed E-state index contributed by atoms with van der Waals surface area (Å²) in [4.78, 5) is 42.6. The van der Waals surface area contributed by atoms with E-state index in [-0.39, 0.29) is 38.6 Å². The Balaban J connectivity index is 2.38. The van der Waals surface area contributed by atoms with Crippen LogP contribution in [0.1, 0.15) is 100 Å². The molecular formula is C34H57N2O8P. The molecule has 3 atom stereocenters. The minimum absolute atomic E-state index is 0.0422. The van der Waals surface area contributed by atoms with Crippen LogP contribution in [0, 0.1) is 5.41 Å². The number of carbonyl (C=O) groups excluding carboxylic acids is 2. The molecule has 1 aliphatic rings. The van der Waals surface area contributed by atoms with Gasteiger partial charge in [-0.05, 0) is 98.1 Å². The molecule has 2 amide bonds. The first kappa shape index (κ1) is 38.8. The van der Waals surface area contributed by atoms with Crippen molar-refractivity contribution in [2.45, 2.75) is 124 Å². The van der Waals surface area contributed by atoms with E-state index >= 15 is 0 Å². The van der Waals surface area contributed by atoms with E-state index in [1.54, 1.807) is 48.5 Å². The number of carboxylic acids is 1. The van der Waals surface area contributed by atoms with Crippen LogP contribution in [0.5, 0.6) is 0 Å². The Morgan fingerprint density at radius 3 is 1.96 bits per heavy atom. The molecule has 1 aliphatic heterocycles. The summed E-state index contributed by atoms with van der Waals surface area (Å²) >= 11 is 0. The molecule has 1 aromatic carbocycles. The predicted molar refractivity (Wildman–Crippen MR) is 177 cm³/mol. The van der Waals surface area contributed by atoms with Crippen LogP contribution < -0.4 is 0 Å². The summed E-state index contributed by atoms with van der Waals surface area (Å²) in [5.74, 6) is -1.14. The number of amides is 2. The van der Waals surface area contributed by atoms with Crippen molar-refractivity contribution in [3.8, 4) is 0 Å². The van der Waals surface area contributed by atoms with E-state index in [1.165, 1.54) is 5.56 Å². The standard InChI is InChI=1S/C34H57N2O8P/c1-11-42-45(41)25-24-35(22-17-20-26-18-13-12-14-19-26)27(31(2,3)4)34(45,28(37)38)21-15-16-23-36(29(39)43-32(5,6)7)30(40)44-33(8,9)10/h12-14,18-19,27H,11,15-17,20-25H2,1-10H3,(H,37,38). The summed E-state index contributed by atoms with van der Waals surface area (Å²) < 4.78 is 31.6. The molecule has 11 heteroatoms. The highest BCUT2D eigenvalue weighted by molar-refractivity contribution is 7.62. The van der Waals surface area contributed by atoms with Gasteiger partial charge in [-0.1, -0.05) is 51.1 Å². The summed E-state index contributed by atoms with van der Waals surface area (Å²) in [6.45, 7) is 19.2. The fraction of sp³-hybridized carbons (Fsp3) is 0.735. The van der Waals surface area contributed by atoms with Crippen LogP contribution in [0.3, 0.4) is 0 Å². The van der Waals surface area contributed by atoms with Crippen molar-refractivity contribution in [2.75, 3.05) is 32.4 Å².